The number of nitrogens with two attached hydrogens (primary N) is 1. The highest BCUT2D eigenvalue weighted by Crippen LogP contribution is 2.26. The second kappa shape index (κ2) is 7.94. The molecule has 2 amide bonds. The maximum atomic E-state index is 12.1. The Morgan fingerprint density at radius 3 is 2.14 bits per heavy atom. The summed E-state index contributed by atoms with van der Waals surface area (Å²) in [6.07, 6.45) is 5.32. The van der Waals surface area contributed by atoms with E-state index >= 15 is 0 Å². The Hall–Kier alpha value is -1.88. The first kappa shape index (κ1) is 16.5. The maximum Gasteiger partial charge on any atom is 0.224 e. The standard InChI is InChI=1S/C17H25N3O2/c1-2-16(21)19-13-7-9-14(10-8-13)20-17(22)11-12-5-3-4-6-15(12)18/h7-10,12,15H,2-6,11,18H2,1H3,(H,19,21)(H,20,22). The molecular weight excluding hydrogens is 278 g/mol. The third kappa shape index (κ3) is 4.84. The zero-order chi connectivity index (χ0) is 15.9. The Morgan fingerprint density at radius 1 is 1.05 bits per heavy atom. The molecule has 1 saturated carbocycles. The van der Waals surface area contributed by atoms with Gasteiger partial charge in [0.25, 0.3) is 0 Å². The highest BCUT2D eigenvalue weighted by atomic mass is 16.2. The summed E-state index contributed by atoms with van der Waals surface area (Å²) in [7, 11) is 0. The number of carbonyl (C=O) groups excluding carboxylic acids is 2. The van der Waals surface area contributed by atoms with E-state index in [1.54, 1.807) is 31.2 Å². The number of rotatable bonds is 5. The molecule has 120 valence electrons. The predicted octanol–water partition coefficient (Wildman–Crippen LogP) is 2.88. The summed E-state index contributed by atoms with van der Waals surface area (Å²) in [4.78, 5) is 23.4. The van der Waals surface area contributed by atoms with Gasteiger partial charge in [0, 0.05) is 30.3 Å². The lowest BCUT2D eigenvalue weighted by atomic mass is 9.83. The van der Waals surface area contributed by atoms with E-state index in [0.29, 0.717) is 12.8 Å². The number of hydrogen-bond acceptors (Lipinski definition) is 3. The van der Waals surface area contributed by atoms with Crippen molar-refractivity contribution < 1.29 is 9.59 Å². The van der Waals surface area contributed by atoms with Gasteiger partial charge in [-0.15, -0.1) is 0 Å². The third-order valence-electron chi connectivity index (χ3n) is 4.19. The van der Waals surface area contributed by atoms with Gasteiger partial charge in [-0.05, 0) is 43.0 Å². The van der Waals surface area contributed by atoms with Crippen LogP contribution < -0.4 is 16.4 Å². The van der Waals surface area contributed by atoms with Crippen molar-refractivity contribution in [3.05, 3.63) is 24.3 Å². The van der Waals surface area contributed by atoms with Gasteiger partial charge in [-0.1, -0.05) is 19.8 Å². The second-order valence-corrected chi connectivity index (χ2v) is 5.94. The van der Waals surface area contributed by atoms with Gasteiger partial charge in [-0.2, -0.15) is 0 Å². The van der Waals surface area contributed by atoms with Gasteiger partial charge >= 0.3 is 0 Å². The van der Waals surface area contributed by atoms with Crippen molar-refractivity contribution in [2.24, 2.45) is 11.7 Å². The monoisotopic (exact) mass is 303 g/mol. The zero-order valence-corrected chi connectivity index (χ0v) is 13.1. The first-order valence-corrected chi connectivity index (χ1v) is 8.04. The highest BCUT2D eigenvalue weighted by molar-refractivity contribution is 5.92. The Bertz CT molecular complexity index is 513. The lowest BCUT2D eigenvalue weighted by Crippen LogP contribution is -2.35. The Labute approximate surface area is 131 Å². The maximum absolute atomic E-state index is 12.1. The number of hydrogen-bond donors (Lipinski definition) is 3. The molecule has 0 spiro atoms. The van der Waals surface area contributed by atoms with Crippen LogP contribution in [-0.2, 0) is 9.59 Å². The molecule has 1 fully saturated rings. The molecule has 0 aliphatic heterocycles. The molecule has 0 saturated heterocycles. The van der Waals surface area contributed by atoms with Gasteiger partial charge in [-0.25, -0.2) is 0 Å². The number of anilines is 2. The topological polar surface area (TPSA) is 84.2 Å². The first-order valence-electron chi connectivity index (χ1n) is 8.04. The third-order valence-corrected chi connectivity index (χ3v) is 4.19. The number of benzene rings is 1. The van der Waals surface area contributed by atoms with Crippen LogP contribution in [0.2, 0.25) is 0 Å². The normalized spacial score (nSPS) is 21.2. The van der Waals surface area contributed by atoms with Crippen molar-refractivity contribution in [1.29, 1.82) is 0 Å². The van der Waals surface area contributed by atoms with Crippen LogP contribution in [0.15, 0.2) is 24.3 Å². The molecule has 0 radical (unpaired) electrons. The summed E-state index contributed by atoms with van der Waals surface area (Å²) >= 11 is 0. The summed E-state index contributed by atoms with van der Waals surface area (Å²) < 4.78 is 0. The van der Waals surface area contributed by atoms with Crippen molar-refractivity contribution in [2.75, 3.05) is 10.6 Å². The van der Waals surface area contributed by atoms with Gasteiger partial charge in [0.2, 0.25) is 11.8 Å². The minimum atomic E-state index is -0.0249. The second-order valence-electron chi connectivity index (χ2n) is 5.94. The molecule has 0 bridgehead atoms. The van der Waals surface area contributed by atoms with E-state index in [9.17, 15) is 9.59 Å². The van der Waals surface area contributed by atoms with Gasteiger partial charge in [-0.3, -0.25) is 9.59 Å². The molecule has 5 heteroatoms. The molecule has 2 atom stereocenters. The number of nitrogens with one attached hydrogen (secondary N) is 2. The first-order chi connectivity index (χ1) is 10.6. The van der Waals surface area contributed by atoms with Crippen LogP contribution in [-0.4, -0.2) is 17.9 Å². The summed E-state index contributed by atoms with van der Waals surface area (Å²) in [5.74, 6) is 0.271. The Kier molecular flexibility index (Phi) is 5.95. The van der Waals surface area contributed by atoms with Crippen molar-refractivity contribution in [3.63, 3.8) is 0 Å². The molecule has 1 aliphatic rings. The van der Waals surface area contributed by atoms with Crippen molar-refractivity contribution in [3.8, 4) is 0 Å². The minimum absolute atomic E-state index is 0.00712. The van der Waals surface area contributed by atoms with Gasteiger partial charge < -0.3 is 16.4 Å². The van der Waals surface area contributed by atoms with Crippen LogP contribution in [0.4, 0.5) is 11.4 Å². The molecule has 22 heavy (non-hydrogen) atoms. The molecule has 1 aromatic rings. The van der Waals surface area contributed by atoms with Crippen molar-refractivity contribution in [1.82, 2.24) is 0 Å². The minimum Gasteiger partial charge on any atom is -0.327 e. The summed E-state index contributed by atoms with van der Waals surface area (Å²) in [5, 5.41) is 5.67. The fraction of sp³-hybridized carbons (Fsp3) is 0.529. The van der Waals surface area contributed by atoms with E-state index in [4.69, 9.17) is 5.73 Å². The van der Waals surface area contributed by atoms with Crippen LogP contribution in [0.25, 0.3) is 0 Å². The van der Waals surface area contributed by atoms with Crippen LogP contribution in [0.5, 0.6) is 0 Å². The van der Waals surface area contributed by atoms with E-state index in [1.165, 1.54) is 6.42 Å². The average Bonchev–Trinajstić information content (AvgIpc) is 2.51. The van der Waals surface area contributed by atoms with E-state index < -0.39 is 0 Å². The van der Waals surface area contributed by atoms with Gasteiger partial charge in [0.15, 0.2) is 0 Å². The van der Waals surface area contributed by atoms with E-state index in [-0.39, 0.29) is 23.8 Å². The van der Waals surface area contributed by atoms with Gasteiger partial charge in [0.05, 0.1) is 0 Å². The lowest BCUT2D eigenvalue weighted by molar-refractivity contribution is -0.117. The molecule has 1 aliphatic carbocycles. The molecule has 1 aromatic carbocycles. The van der Waals surface area contributed by atoms with E-state index in [1.807, 2.05) is 0 Å². The van der Waals surface area contributed by atoms with Crippen LogP contribution in [0, 0.1) is 5.92 Å². The Balaban J connectivity index is 1.84. The molecule has 0 heterocycles. The lowest BCUT2D eigenvalue weighted by Gasteiger charge is -2.27. The molecule has 2 unspecified atom stereocenters. The zero-order valence-electron chi connectivity index (χ0n) is 13.1. The summed E-state index contributed by atoms with van der Waals surface area (Å²) in [6, 6.07) is 7.31. The van der Waals surface area contributed by atoms with Crippen LogP contribution in [0.1, 0.15) is 45.4 Å². The summed E-state index contributed by atoms with van der Waals surface area (Å²) in [6.45, 7) is 1.81. The van der Waals surface area contributed by atoms with Crippen molar-refractivity contribution >= 4 is 23.2 Å². The molecular formula is C17H25N3O2. The Morgan fingerprint density at radius 2 is 1.59 bits per heavy atom. The van der Waals surface area contributed by atoms with E-state index in [2.05, 4.69) is 10.6 Å². The predicted molar refractivity (Wildman–Crippen MR) is 88.5 cm³/mol. The van der Waals surface area contributed by atoms with E-state index in [0.717, 1.165) is 30.6 Å². The SMILES string of the molecule is CCC(=O)Nc1ccc(NC(=O)CC2CCCCC2N)cc1. The van der Waals surface area contributed by atoms with Gasteiger partial charge in [0.1, 0.15) is 0 Å². The van der Waals surface area contributed by atoms with Crippen LogP contribution >= 0.6 is 0 Å². The fourth-order valence-electron chi connectivity index (χ4n) is 2.83. The average molecular weight is 303 g/mol. The fourth-order valence-corrected chi connectivity index (χ4v) is 2.83. The molecule has 5 nitrogen and oxygen atoms in total. The highest BCUT2D eigenvalue weighted by Gasteiger charge is 2.24. The molecule has 0 aromatic heterocycles. The molecule has 4 N–H and O–H groups in total. The van der Waals surface area contributed by atoms with Crippen molar-refractivity contribution in [2.45, 2.75) is 51.5 Å². The smallest absolute Gasteiger partial charge is 0.224 e. The molecule has 2 rings (SSSR count). The largest absolute Gasteiger partial charge is 0.327 e. The quantitative estimate of drug-likeness (QED) is 0.782. The number of amides is 2. The van der Waals surface area contributed by atoms with Crippen LogP contribution in [0.3, 0.4) is 0 Å². The summed E-state index contributed by atoms with van der Waals surface area (Å²) in [5.41, 5.74) is 7.55. The number of carbonyl (C=O) groups is 2.